The molecule has 2 atom stereocenters. The fourth-order valence-electron chi connectivity index (χ4n) is 1.12. The summed E-state index contributed by atoms with van der Waals surface area (Å²) in [4.78, 5) is 0. The number of rotatable bonds is 0. The van der Waals surface area contributed by atoms with E-state index in [4.69, 9.17) is 23.2 Å². The van der Waals surface area contributed by atoms with E-state index >= 15 is 0 Å². The zero-order chi connectivity index (χ0) is 6.85. The van der Waals surface area contributed by atoms with E-state index in [0.717, 1.165) is 12.8 Å². The van der Waals surface area contributed by atoms with Gasteiger partial charge in [0.2, 0.25) is 0 Å². The van der Waals surface area contributed by atoms with Crippen LogP contribution in [0.15, 0.2) is 11.6 Å². The van der Waals surface area contributed by atoms with Crippen molar-refractivity contribution in [3.05, 3.63) is 11.6 Å². The van der Waals surface area contributed by atoms with Gasteiger partial charge in [0.15, 0.2) is 0 Å². The lowest BCUT2D eigenvalue weighted by atomic mass is 10.0. The van der Waals surface area contributed by atoms with Crippen LogP contribution < -0.4 is 0 Å². The minimum Gasteiger partial charge on any atom is -0.123 e. The molecule has 0 aromatic rings. The fourth-order valence-corrected chi connectivity index (χ4v) is 2.08. The van der Waals surface area contributed by atoms with E-state index < -0.39 is 0 Å². The van der Waals surface area contributed by atoms with E-state index in [2.05, 4.69) is 13.0 Å². The first-order chi connectivity index (χ1) is 4.18. The van der Waals surface area contributed by atoms with Gasteiger partial charge in [-0.05, 0) is 19.8 Å². The molecule has 1 aliphatic carbocycles. The standard InChI is InChI=1S/C7H10Cl2/c1-5-2-6(8)4-7(9)3-5/h2,6-7H,3-4H2,1H3/t6-,7?/m1/s1. The molecule has 0 saturated carbocycles. The van der Waals surface area contributed by atoms with Crippen LogP contribution in [-0.2, 0) is 0 Å². The third kappa shape index (κ3) is 2.19. The molecule has 0 bridgehead atoms. The highest BCUT2D eigenvalue weighted by atomic mass is 35.5. The highest BCUT2D eigenvalue weighted by Gasteiger charge is 2.15. The molecule has 0 aromatic heterocycles. The normalized spacial score (nSPS) is 36.1. The monoisotopic (exact) mass is 164 g/mol. The molecular weight excluding hydrogens is 155 g/mol. The molecule has 1 unspecified atom stereocenters. The van der Waals surface area contributed by atoms with Gasteiger partial charge in [-0.3, -0.25) is 0 Å². The summed E-state index contributed by atoms with van der Waals surface area (Å²) in [5.41, 5.74) is 1.32. The molecule has 0 heterocycles. The zero-order valence-electron chi connectivity index (χ0n) is 5.40. The van der Waals surface area contributed by atoms with Crippen LogP contribution >= 0.6 is 23.2 Å². The number of halogens is 2. The predicted octanol–water partition coefficient (Wildman–Crippen LogP) is 2.94. The Bertz CT molecular complexity index is 129. The van der Waals surface area contributed by atoms with Crippen molar-refractivity contribution in [3.8, 4) is 0 Å². The molecule has 0 nitrogen and oxygen atoms in total. The summed E-state index contributed by atoms with van der Waals surface area (Å²) in [5.74, 6) is 0. The van der Waals surface area contributed by atoms with Gasteiger partial charge in [-0.1, -0.05) is 11.6 Å². The number of alkyl halides is 2. The average molecular weight is 165 g/mol. The lowest BCUT2D eigenvalue weighted by Gasteiger charge is -2.18. The highest BCUT2D eigenvalue weighted by molar-refractivity contribution is 6.24. The molecule has 1 aliphatic rings. The van der Waals surface area contributed by atoms with Crippen LogP contribution in [0.5, 0.6) is 0 Å². The maximum absolute atomic E-state index is 5.88. The molecule has 0 aromatic carbocycles. The highest BCUT2D eigenvalue weighted by Crippen LogP contribution is 2.25. The summed E-state index contributed by atoms with van der Waals surface area (Å²) in [6, 6.07) is 0. The Hall–Kier alpha value is 0.320. The number of hydrogen-bond donors (Lipinski definition) is 0. The van der Waals surface area contributed by atoms with Crippen molar-refractivity contribution in [2.75, 3.05) is 0 Å². The van der Waals surface area contributed by atoms with Gasteiger partial charge in [0.05, 0.1) is 5.38 Å². The molecule has 0 aliphatic heterocycles. The summed E-state index contributed by atoms with van der Waals surface area (Å²) < 4.78 is 0. The molecule has 52 valence electrons. The first kappa shape index (κ1) is 7.43. The van der Waals surface area contributed by atoms with Gasteiger partial charge in [0, 0.05) is 5.38 Å². The molecule has 0 N–H and O–H groups in total. The van der Waals surface area contributed by atoms with E-state index in [9.17, 15) is 0 Å². The third-order valence-corrected chi connectivity index (χ3v) is 2.13. The number of allylic oxidation sites excluding steroid dienone is 2. The van der Waals surface area contributed by atoms with E-state index in [1.165, 1.54) is 5.57 Å². The van der Waals surface area contributed by atoms with Gasteiger partial charge in [-0.2, -0.15) is 0 Å². The second-order valence-corrected chi connectivity index (χ2v) is 3.74. The van der Waals surface area contributed by atoms with Crippen LogP contribution in [0.4, 0.5) is 0 Å². The lowest BCUT2D eigenvalue weighted by molar-refractivity contribution is 0.716. The van der Waals surface area contributed by atoms with Gasteiger partial charge in [0.25, 0.3) is 0 Å². The Morgan fingerprint density at radius 3 is 2.67 bits per heavy atom. The maximum atomic E-state index is 5.88. The Labute approximate surface area is 65.8 Å². The van der Waals surface area contributed by atoms with Gasteiger partial charge in [-0.15, -0.1) is 23.2 Å². The second-order valence-electron chi connectivity index (χ2n) is 2.57. The Kier molecular flexibility index (Phi) is 2.42. The molecule has 1 rings (SSSR count). The molecule has 2 heteroatoms. The molecular formula is C7H10Cl2. The average Bonchev–Trinajstić information content (AvgIpc) is 1.59. The Balaban J connectivity index is 2.56. The van der Waals surface area contributed by atoms with Crippen molar-refractivity contribution in [1.29, 1.82) is 0 Å². The molecule has 0 spiro atoms. The number of hydrogen-bond acceptors (Lipinski definition) is 0. The topological polar surface area (TPSA) is 0 Å². The SMILES string of the molecule is CC1=C[C@@H](Cl)CC(Cl)C1. The summed E-state index contributed by atoms with van der Waals surface area (Å²) in [6.45, 7) is 2.07. The summed E-state index contributed by atoms with van der Waals surface area (Å²) in [6.07, 6.45) is 4.01. The van der Waals surface area contributed by atoms with Crippen molar-refractivity contribution in [2.45, 2.75) is 30.5 Å². The molecule has 0 saturated heterocycles. The van der Waals surface area contributed by atoms with Crippen LogP contribution in [0.2, 0.25) is 0 Å². The Morgan fingerprint density at radius 2 is 2.22 bits per heavy atom. The summed E-state index contributed by atoms with van der Waals surface area (Å²) in [7, 11) is 0. The summed E-state index contributed by atoms with van der Waals surface area (Å²) in [5, 5.41) is 0.429. The second kappa shape index (κ2) is 2.94. The smallest absolute Gasteiger partial charge is 0.0532 e. The third-order valence-electron chi connectivity index (χ3n) is 1.49. The molecule has 0 fully saturated rings. The fraction of sp³-hybridized carbons (Fsp3) is 0.714. The van der Waals surface area contributed by atoms with E-state index in [1.54, 1.807) is 0 Å². The minimum atomic E-state index is 0.168. The molecule has 0 amide bonds. The minimum absolute atomic E-state index is 0.168. The van der Waals surface area contributed by atoms with Crippen molar-refractivity contribution in [1.82, 2.24) is 0 Å². The van der Waals surface area contributed by atoms with Gasteiger partial charge >= 0.3 is 0 Å². The quantitative estimate of drug-likeness (QED) is 0.382. The van der Waals surface area contributed by atoms with Gasteiger partial charge in [-0.25, -0.2) is 0 Å². The maximum Gasteiger partial charge on any atom is 0.0532 e. The first-order valence-electron chi connectivity index (χ1n) is 3.14. The summed E-state index contributed by atoms with van der Waals surface area (Å²) >= 11 is 11.7. The predicted molar refractivity (Wildman–Crippen MR) is 42.3 cm³/mol. The molecule has 0 radical (unpaired) electrons. The van der Waals surface area contributed by atoms with Crippen LogP contribution in [0.3, 0.4) is 0 Å². The van der Waals surface area contributed by atoms with Crippen LogP contribution in [0, 0.1) is 0 Å². The lowest BCUT2D eigenvalue weighted by Crippen LogP contribution is -2.12. The largest absolute Gasteiger partial charge is 0.123 e. The van der Waals surface area contributed by atoms with E-state index in [1.807, 2.05) is 0 Å². The molecule has 9 heavy (non-hydrogen) atoms. The van der Waals surface area contributed by atoms with Crippen LogP contribution in [0.25, 0.3) is 0 Å². The van der Waals surface area contributed by atoms with Gasteiger partial charge in [0.1, 0.15) is 0 Å². The zero-order valence-corrected chi connectivity index (χ0v) is 6.91. The van der Waals surface area contributed by atoms with Gasteiger partial charge < -0.3 is 0 Å². The first-order valence-corrected chi connectivity index (χ1v) is 4.01. The van der Waals surface area contributed by atoms with E-state index in [-0.39, 0.29) is 10.8 Å². The van der Waals surface area contributed by atoms with Crippen molar-refractivity contribution in [2.24, 2.45) is 0 Å². The van der Waals surface area contributed by atoms with Crippen molar-refractivity contribution < 1.29 is 0 Å². The van der Waals surface area contributed by atoms with E-state index in [0.29, 0.717) is 0 Å². The van der Waals surface area contributed by atoms with Crippen LogP contribution in [0.1, 0.15) is 19.8 Å². The van der Waals surface area contributed by atoms with Crippen LogP contribution in [-0.4, -0.2) is 10.8 Å². The van der Waals surface area contributed by atoms with Crippen molar-refractivity contribution in [3.63, 3.8) is 0 Å². The Morgan fingerprint density at radius 1 is 1.56 bits per heavy atom. The van der Waals surface area contributed by atoms with Crippen molar-refractivity contribution >= 4 is 23.2 Å².